The molecule has 3 rings (SSSR count). The van der Waals surface area contributed by atoms with E-state index >= 15 is 0 Å². The molecule has 0 radical (unpaired) electrons. The van der Waals surface area contributed by atoms with Crippen molar-refractivity contribution in [1.82, 2.24) is 9.80 Å². The van der Waals surface area contributed by atoms with Gasteiger partial charge in [-0.3, -0.25) is 9.69 Å². The molecule has 1 heterocycles. The maximum atomic E-state index is 11.8. The fourth-order valence-electron chi connectivity index (χ4n) is 3.47. The minimum absolute atomic E-state index is 0.331. The van der Waals surface area contributed by atoms with Gasteiger partial charge in [-0.2, -0.15) is 0 Å². The number of carbonyl (C=O) groups excluding carboxylic acids is 1. The van der Waals surface area contributed by atoms with E-state index in [0.717, 1.165) is 31.6 Å². The maximum absolute atomic E-state index is 11.8. The van der Waals surface area contributed by atoms with Crippen molar-refractivity contribution in [3.05, 3.63) is 0 Å². The SMILES string of the molecule is CCN1CCN(C2CC3(C)CC23)CC1=O. The Morgan fingerprint density at radius 3 is 2.67 bits per heavy atom. The second kappa shape index (κ2) is 2.97. The Bertz CT molecular complexity index is 304. The van der Waals surface area contributed by atoms with E-state index < -0.39 is 0 Å². The Hall–Kier alpha value is -0.570. The summed E-state index contributed by atoms with van der Waals surface area (Å²) in [7, 11) is 0. The third kappa shape index (κ3) is 1.32. The van der Waals surface area contributed by atoms with E-state index in [1.165, 1.54) is 12.8 Å². The van der Waals surface area contributed by atoms with Gasteiger partial charge in [0.2, 0.25) is 5.91 Å². The summed E-state index contributed by atoms with van der Waals surface area (Å²) in [5, 5.41) is 0. The van der Waals surface area contributed by atoms with Gasteiger partial charge in [0.05, 0.1) is 6.54 Å². The Labute approximate surface area is 91.4 Å². The van der Waals surface area contributed by atoms with Crippen molar-refractivity contribution in [3.8, 4) is 0 Å². The summed E-state index contributed by atoms with van der Waals surface area (Å²) >= 11 is 0. The number of hydrogen-bond acceptors (Lipinski definition) is 2. The molecule has 3 fully saturated rings. The molecule has 1 aliphatic heterocycles. The zero-order valence-corrected chi connectivity index (χ0v) is 9.70. The highest BCUT2D eigenvalue weighted by Gasteiger charge is 2.65. The average molecular weight is 208 g/mol. The Morgan fingerprint density at radius 2 is 2.20 bits per heavy atom. The number of hydrogen-bond donors (Lipinski definition) is 0. The van der Waals surface area contributed by atoms with Crippen LogP contribution < -0.4 is 0 Å². The molecule has 15 heavy (non-hydrogen) atoms. The Kier molecular flexibility index (Phi) is 1.91. The summed E-state index contributed by atoms with van der Waals surface area (Å²) in [6, 6.07) is 0.734. The summed E-state index contributed by atoms with van der Waals surface area (Å²) in [6.45, 7) is 8.03. The second-order valence-electron chi connectivity index (χ2n) is 5.68. The molecule has 0 aromatic rings. The van der Waals surface area contributed by atoms with E-state index in [0.29, 0.717) is 17.9 Å². The zero-order valence-electron chi connectivity index (χ0n) is 9.70. The lowest BCUT2D eigenvalue weighted by atomic mass is 9.80. The van der Waals surface area contributed by atoms with E-state index in [2.05, 4.69) is 18.7 Å². The van der Waals surface area contributed by atoms with Crippen LogP contribution in [0.3, 0.4) is 0 Å². The highest BCUT2D eigenvalue weighted by atomic mass is 16.2. The number of rotatable bonds is 2. The van der Waals surface area contributed by atoms with Crippen LogP contribution in [0.4, 0.5) is 0 Å². The first kappa shape index (κ1) is 9.64. The predicted octanol–water partition coefficient (Wildman–Crippen LogP) is 0.949. The van der Waals surface area contributed by atoms with Gasteiger partial charge in [-0.05, 0) is 31.1 Å². The minimum atomic E-state index is 0.331. The fourth-order valence-corrected chi connectivity index (χ4v) is 3.47. The van der Waals surface area contributed by atoms with Gasteiger partial charge in [-0.15, -0.1) is 0 Å². The highest BCUT2D eigenvalue weighted by molar-refractivity contribution is 5.79. The minimum Gasteiger partial charge on any atom is -0.341 e. The monoisotopic (exact) mass is 208 g/mol. The summed E-state index contributed by atoms with van der Waals surface area (Å²) in [5.74, 6) is 1.25. The molecule has 1 saturated heterocycles. The molecule has 0 N–H and O–H groups in total. The van der Waals surface area contributed by atoms with Crippen LogP contribution >= 0.6 is 0 Å². The second-order valence-corrected chi connectivity index (χ2v) is 5.68. The number of amides is 1. The first-order chi connectivity index (χ1) is 7.14. The third-order valence-corrected chi connectivity index (χ3v) is 4.76. The van der Waals surface area contributed by atoms with Crippen molar-refractivity contribution >= 4 is 5.91 Å². The van der Waals surface area contributed by atoms with E-state index in [4.69, 9.17) is 0 Å². The van der Waals surface area contributed by atoms with Gasteiger partial charge in [-0.25, -0.2) is 0 Å². The van der Waals surface area contributed by atoms with Crippen LogP contribution in [0, 0.1) is 11.3 Å². The molecular formula is C12H20N2O. The lowest BCUT2D eigenvalue weighted by Gasteiger charge is -2.44. The number of carbonyl (C=O) groups is 1. The molecule has 0 spiro atoms. The van der Waals surface area contributed by atoms with Crippen LogP contribution in [-0.4, -0.2) is 47.9 Å². The van der Waals surface area contributed by atoms with Gasteiger partial charge in [0.25, 0.3) is 0 Å². The first-order valence-corrected chi connectivity index (χ1v) is 6.16. The zero-order chi connectivity index (χ0) is 10.6. The molecule has 1 amide bonds. The number of piperazine rings is 1. The van der Waals surface area contributed by atoms with Gasteiger partial charge in [-0.1, -0.05) is 6.92 Å². The predicted molar refractivity (Wildman–Crippen MR) is 58.4 cm³/mol. The van der Waals surface area contributed by atoms with Crippen LogP contribution in [0.5, 0.6) is 0 Å². The quantitative estimate of drug-likeness (QED) is 0.674. The van der Waals surface area contributed by atoms with Crippen LogP contribution in [-0.2, 0) is 4.79 Å². The smallest absolute Gasteiger partial charge is 0.236 e. The van der Waals surface area contributed by atoms with E-state index in [9.17, 15) is 4.79 Å². The van der Waals surface area contributed by atoms with Gasteiger partial charge in [0, 0.05) is 25.7 Å². The third-order valence-electron chi connectivity index (χ3n) is 4.76. The number of nitrogens with zero attached hydrogens (tertiary/aromatic N) is 2. The van der Waals surface area contributed by atoms with Crippen molar-refractivity contribution in [3.63, 3.8) is 0 Å². The molecule has 0 aromatic carbocycles. The summed E-state index contributed by atoms with van der Waals surface area (Å²) < 4.78 is 0. The molecule has 2 saturated carbocycles. The molecule has 3 nitrogen and oxygen atoms in total. The molecule has 3 unspecified atom stereocenters. The van der Waals surface area contributed by atoms with Gasteiger partial charge >= 0.3 is 0 Å². The summed E-state index contributed by atoms with van der Waals surface area (Å²) in [4.78, 5) is 16.2. The highest BCUT2D eigenvalue weighted by Crippen LogP contribution is 2.68. The standard InChI is InChI=1S/C12H20N2O/c1-3-13-4-5-14(8-11(13)15)10-7-12(2)6-9(10)12/h9-10H,3-8H2,1-2H3. The first-order valence-electron chi connectivity index (χ1n) is 6.16. The molecule has 3 heteroatoms. The Balaban J connectivity index is 1.59. The number of likely N-dealkylation sites (N-methyl/N-ethyl adjacent to an activating group) is 1. The maximum Gasteiger partial charge on any atom is 0.236 e. The van der Waals surface area contributed by atoms with Crippen molar-refractivity contribution < 1.29 is 4.79 Å². The van der Waals surface area contributed by atoms with Gasteiger partial charge < -0.3 is 4.90 Å². The largest absolute Gasteiger partial charge is 0.341 e. The molecule has 84 valence electrons. The summed E-state index contributed by atoms with van der Waals surface area (Å²) in [6.07, 6.45) is 2.73. The lowest BCUT2D eigenvalue weighted by molar-refractivity contribution is -0.138. The van der Waals surface area contributed by atoms with Gasteiger partial charge in [0.1, 0.15) is 0 Å². The fraction of sp³-hybridized carbons (Fsp3) is 0.917. The van der Waals surface area contributed by atoms with Crippen LogP contribution in [0.25, 0.3) is 0 Å². The normalized spacial score (nSPS) is 44.9. The van der Waals surface area contributed by atoms with Crippen molar-refractivity contribution in [2.45, 2.75) is 32.7 Å². The van der Waals surface area contributed by atoms with Crippen LogP contribution in [0.15, 0.2) is 0 Å². The lowest BCUT2D eigenvalue weighted by Crippen LogP contribution is -2.56. The van der Waals surface area contributed by atoms with E-state index in [1.54, 1.807) is 0 Å². The topological polar surface area (TPSA) is 23.6 Å². The van der Waals surface area contributed by atoms with Crippen LogP contribution in [0.2, 0.25) is 0 Å². The Morgan fingerprint density at radius 1 is 1.40 bits per heavy atom. The van der Waals surface area contributed by atoms with Crippen LogP contribution in [0.1, 0.15) is 26.7 Å². The molecule has 2 aliphatic carbocycles. The van der Waals surface area contributed by atoms with E-state index in [1.807, 2.05) is 4.90 Å². The molecule has 3 atom stereocenters. The van der Waals surface area contributed by atoms with Gasteiger partial charge in [0.15, 0.2) is 0 Å². The number of fused-ring (bicyclic) bond motifs is 1. The van der Waals surface area contributed by atoms with Crippen molar-refractivity contribution in [2.75, 3.05) is 26.2 Å². The van der Waals surface area contributed by atoms with Crippen molar-refractivity contribution in [1.29, 1.82) is 0 Å². The average Bonchev–Trinajstić information content (AvgIpc) is 2.73. The summed E-state index contributed by atoms with van der Waals surface area (Å²) in [5.41, 5.74) is 0.676. The van der Waals surface area contributed by atoms with Crippen molar-refractivity contribution in [2.24, 2.45) is 11.3 Å². The molecular weight excluding hydrogens is 188 g/mol. The molecule has 0 aromatic heterocycles. The molecule has 0 bridgehead atoms. The molecule has 3 aliphatic rings. The van der Waals surface area contributed by atoms with E-state index in [-0.39, 0.29) is 0 Å².